The zero-order chi connectivity index (χ0) is 20.7. The molecule has 0 N–H and O–H groups in total. The summed E-state index contributed by atoms with van der Waals surface area (Å²) < 4.78 is 22.8. The van der Waals surface area contributed by atoms with E-state index in [0.29, 0.717) is 24.3 Å². The summed E-state index contributed by atoms with van der Waals surface area (Å²) in [7, 11) is 1.69. The molecule has 3 heterocycles. The van der Waals surface area contributed by atoms with Gasteiger partial charge in [0, 0.05) is 42.5 Å². The molecule has 6 heteroatoms. The SMILES string of the molecule is C=CC(=O)c1cn2c(c(F)c1=O)-c1oc3c(/C(C)=C/C=NC)cccc3c1CC2. The van der Waals surface area contributed by atoms with Gasteiger partial charge in [-0.25, -0.2) is 4.39 Å². The molecule has 1 aliphatic rings. The summed E-state index contributed by atoms with van der Waals surface area (Å²) >= 11 is 0. The number of allylic oxidation sites excluding steroid dienone is 3. The van der Waals surface area contributed by atoms with E-state index in [9.17, 15) is 9.59 Å². The van der Waals surface area contributed by atoms with Gasteiger partial charge in [-0.3, -0.25) is 14.6 Å². The van der Waals surface area contributed by atoms with Crippen molar-refractivity contribution in [2.24, 2.45) is 4.99 Å². The first kappa shape index (κ1) is 18.8. The second-order valence-corrected chi connectivity index (χ2v) is 6.90. The van der Waals surface area contributed by atoms with E-state index in [2.05, 4.69) is 11.6 Å². The molecule has 0 saturated heterocycles. The fraction of sp³-hybridized carbons (Fsp3) is 0.174. The molecule has 0 fully saturated rings. The van der Waals surface area contributed by atoms with Crippen molar-refractivity contribution in [1.29, 1.82) is 0 Å². The van der Waals surface area contributed by atoms with Gasteiger partial charge in [-0.05, 0) is 31.1 Å². The van der Waals surface area contributed by atoms with E-state index in [1.165, 1.54) is 6.20 Å². The lowest BCUT2D eigenvalue weighted by Gasteiger charge is -2.19. The molecule has 0 amide bonds. The van der Waals surface area contributed by atoms with Crippen molar-refractivity contribution >= 4 is 28.5 Å². The molecule has 2 aromatic heterocycles. The predicted molar refractivity (Wildman–Crippen MR) is 112 cm³/mol. The molecule has 0 saturated carbocycles. The summed E-state index contributed by atoms with van der Waals surface area (Å²) in [6.07, 6.45) is 6.58. The van der Waals surface area contributed by atoms with Crippen LogP contribution < -0.4 is 5.43 Å². The summed E-state index contributed by atoms with van der Waals surface area (Å²) in [5.74, 6) is -1.24. The molecular weight excluding hydrogens is 371 g/mol. The maximum Gasteiger partial charge on any atom is 0.229 e. The fourth-order valence-corrected chi connectivity index (χ4v) is 3.75. The molecule has 5 nitrogen and oxygen atoms in total. The summed E-state index contributed by atoms with van der Waals surface area (Å²) in [5, 5.41) is 0.892. The zero-order valence-corrected chi connectivity index (χ0v) is 16.2. The second kappa shape index (κ2) is 7.13. The van der Waals surface area contributed by atoms with E-state index in [1.807, 2.05) is 31.2 Å². The van der Waals surface area contributed by atoms with Crippen LogP contribution in [0.1, 0.15) is 28.4 Å². The maximum absolute atomic E-state index is 15.1. The van der Waals surface area contributed by atoms with E-state index >= 15 is 4.39 Å². The number of carbonyl (C=O) groups is 1. The number of nitrogens with zero attached hydrogens (tertiary/aromatic N) is 2. The molecule has 0 radical (unpaired) electrons. The number of halogens is 1. The summed E-state index contributed by atoms with van der Waals surface area (Å²) in [5.41, 5.74) is 2.25. The third-order valence-electron chi connectivity index (χ3n) is 5.21. The minimum Gasteiger partial charge on any atom is -0.453 e. The smallest absolute Gasteiger partial charge is 0.229 e. The standard InChI is InChI=1S/C23H19FN2O3/c1-4-18(27)17-12-26-11-9-16-15-7-5-6-14(13(2)8-10-25-3)22(15)29-23(16)20(26)19(24)21(17)28/h4-8,10,12H,1,9,11H2,2-3H3/b13-8+,25-10?. The van der Waals surface area contributed by atoms with Crippen molar-refractivity contribution in [3.8, 4) is 11.5 Å². The number of hydrogen-bond donors (Lipinski definition) is 0. The number of fused-ring (bicyclic) bond motifs is 5. The number of aliphatic imine (C=N–C) groups is 1. The van der Waals surface area contributed by atoms with Gasteiger partial charge in [0.25, 0.3) is 0 Å². The van der Waals surface area contributed by atoms with Crippen molar-refractivity contribution < 1.29 is 13.6 Å². The Balaban J connectivity index is 1.99. The molecular formula is C23H19FN2O3. The van der Waals surface area contributed by atoms with Crippen LogP contribution in [0.15, 0.2) is 57.3 Å². The first-order chi connectivity index (χ1) is 14.0. The Morgan fingerprint density at radius 2 is 2.14 bits per heavy atom. The van der Waals surface area contributed by atoms with E-state index in [4.69, 9.17) is 4.42 Å². The Hall–Kier alpha value is -3.54. The lowest BCUT2D eigenvalue weighted by atomic mass is 9.98. The summed E-state index contributed by atoms with van der Waals surface area (Å²) in [6.45, 7) is 5.77. The van der Waals surface area contributed by atoms with Gasteiger partial charge in [-0.1, -0.05) is 24.8 Å². The van der Waals surface area contributed by atoms with Crippen LogP contribution >= 0.6 is 0 Å². The molecule has 29 heavy (non-hydrogen) atoms. The van der Waals surface area contributed by atoms with E-state index in [1.54, 1.807) is 17.8 Å². The molecule has 1 aliphatic heterocycles. The van der Waals surface area contributed by atoms with E-state index in [-0.39, 0.29) is 11.3 Å². The van der Waals surface area contributed by atoms with Gasteiger partial charge in [0.05, 0.1) is 5.56 Å². The van der Waals surface area contributed by atoms with Crippen molar-refractivity contribution in [2.45, 2.75) is 19.9 Å². The van der Waals surface area contributed by atoms with Gasteiger partial charge in [-0.2, -0.15) is 0 Å². The number of aromatic nitrogens is 1. The Labute approximate surface area is 166 Å². The lowest BCUT2D eigenvalue weighted by molar-refractivity contribution is 0.104. The van der Waals surface area contributed by atoms with Crippen LogP contribution in [0.2, 0.25) is 0 Å². The highest BCUT2D eigenvalue weighted by molar-refractivity contribution is 6.04. The van der Waals surface area contributed by atoms with Crippen molar-refractivity contribution in [3.63, 3.8) is 0 Å². The Kier molecular flexibility index (Phi) is 4.62. The van der Waals surface area contributed by atoms with Crippen LogP contribution in [0.4, 0.5) is 4.39 Å². The topological polar surface area (TPSA) is 64.6 Å². The molecule has 0 aliphatic carbocycles. The van der Waals surface area contributed by atoms with Crippen LogP contribution in [0.3, 0.4) is 0 Å². The van der Waals surface area contributed by atoms with Gasteiger partial charge in [-0.15, -0.1) is 0 Å². The molecule has 0 atom stereocenters. The average Bonchev–Trinajstić information content (AvgIpc) is 3.12. The molecule has 0 spiro atoms. The number of para-hydroxylation sites is 1. The molecule has 0 bridgehead atoms. The third-order valence-corrected chi connectivity index (χ3v) is 5.21. The first-order valence-corrected chi connectivity index (χ1v) is 9.21. The largest absolute Gasteiger partial charge is 0.453 e. The molecule has 4 rings (SSSR count). The highest BCUT2D eigenvalue weighted by Crippen LogP contribution is 2.40. The average molecular weight is 390 g/mol. The summed E-state index contributed by atoms with van der Waals surface area (Å²) in [4.78, 5) is 28.3. The predicted octanol–water partition coefficient (Wildman–Crippen LogP) is 4.43. The highest BCUT2D eigenvalue weighted by Gasteiger charge is 2.29. The second-order valence-electron chi connectivity index (χ2n) is 6.90. The number of aryl methyl sites for hydroxylation is 2. The quantitative estimate of drug-likeness (QED) is 0.376. The number of ketones is 1. The molecule has 3 aromatic rings. The van der Waals surface area contributed by atoms with Crippen molar-refractivity contribution in [1.82, 2.24) is 4.57 Å². The number of rotatable bonds is 4. The number of benzene rings is 1. The maximum atomic E-state index is 15.1. The van der Waals surface area contributed by atoms with Crippen LogP contribution in [-0.4, -0.2) is 23.6 Å². The number of pyridine rings is 1. The minimum atomic E-state index is -0.982. The Bertz CT molecular complexity index is 1290. The number of hydrogen-bond acceptors (Lipinski definition) is 4. The minimum absolute atomic E-state index is 0.0794. The van der Waals surface area contributed by atoms with Gasteiger partial charge < -0.3 is 8.98 Å². The van der Waals surface area contributed by atoms with Crippen molar-refractivity contribution in [3.05, 3.63) is 75.9 Å². The highest BCUT2D eigenvalue weighted by atomic mass is 19.1. The number of furan rings is 1. The van der Waals surface area contributed by atoms with Crippen LogP contribution in [0, 0.1) is 5.82 Å². The molecule has 0 unspecified atom stereocenters. The van der Waals surface area contributed by atoms with Crippen LogP contribution in [0.5, 0.6) is 0 Å². The lowest BCUT2D eigenvalue weighted by Crippen LogP contribution is -2.25. The van der Waals surface area contributed by atoms with E-state index < -0.39 is 17.0 Å². The Morgan fingerprint density at radius 3 is 2.86 bits per heavy atom. The number of carbonyl (C=O) groups excluding carboxylic acids is 1. The van der Waals surface area contributed by atoms with Gasteiger partial charge in [0.2, 0.25) is 5.43 Å². The monoisotopic (exact) mass is 390 g/mol. The molecule has 1 aromatic carbocycles. The normalized spacial score (nSPS) is 13.6. The van der Waals surface area contributed by atoms with E-state index in [0.717, 1.165) is 28.2 Å². The van der Waals surface area contributed by atoms with Gasteiger partial charge in [0.1, 0.15) is 11.3 Å². The zero-order valence-electron chi connectivity index (χ0n) is 16.2. The summed E-state index contributed by atoms with van der Waals surface area (Å²) in [6, 6.07) is 5.79. The first-order valence-electron chi connectivity index (χ1n) is 9.21. The van der Waals surface area contributed by atoms with Gasteiger partial charge >= 0.3 is 0 Å². The van der Waals surface area contributed by atoms with Gasteiger partial charge in [0.15, 0.2) is 17.4 Å². The van der Waals surface area contributed by atoms with Crippen LogP contribution in [0.25, 0.3) is 28.0 Å². The van der Waals surface area contributed by atoms with Crippen molar-refractivity contribution in [2.75, 3.05) is 7.05 Å². The Morgan fingerprint density at radius 1 is 1.34 bits per heavy atom. The third kappa shape index (κ3) is 2.88. The van der Waals surface area contributed by atoms with Crippen LogP contribution in [-0.2, 0) is 13.0 Å². The fourth-order valence-electron chi connectivity index (χ4n) is 3.75. The molecule has 146 valence electrons.